The van der Waals surface area contributed by atoms with Gasteiger partial charge in [0.15, 0.2) is 0 Å². The summed E-state index contributed by atoms with van der Waals surface area (Å²) in [4.78, 5) is 34.5. The summed E-state index contributed by atoms with van der Waals surface area (Å²) >= 11 is 18.5. The van der Waals surface area contributed by atoms with E-state index in [1.165, 1.54) is 18.3 Å². The summed E-state index contributed by atoms with van der Waals surface area (Å²) in [5.74, 6) is -0.739. The minimum Gasteiger partial charge on any atom is -0.423 e. The third kappa shape index (κ3) is 11.5. The fraction of sp³-hybridized carbons (Fsp3) is 0.333. The quantitative estimate of drug-likeness (QED) is 0.176. The van der Waals surface area contributed by atoms with E-state index >= 15 is 0 Å². The lowest BCUT2D eigenvalue weighted by Crippen LogP contribution is -2.38. The molecule has 53 heavy (non-hydrogen) atoms. The van der Waals surface area contributed by atoms with Crippen molar-refractivity contribution in [2.45, 2.75) is 38.8 Å². The highest BCUT2D eigenvalue weighted by Gasteiger charge is 2.31. The van der Waals surface area contributed by atoms with Gasteiger partial charge >= 0.3 is 13.3 Å². The Hall–Kier alpha value is -4.08. The van der Waals surface area contributed by atoms with Gasteiger partial charge in [-0.3, -0.25) is 19.6 Å². The first-order valence-corrected chi connectivity index (χ1v) is 17.8. The molecule has 2 amide bonds. The summed E-state index contributed by atoms with van der Waals surface area (Å²) in [5.41, 5.74) is 14.4. The van der Waals surface area contributed by atoms with Crippen LogP contribution in [0.1, 0.15) is 36.8 Å². The van der Waals surface area contributed by atoms with Crippen LogP contribution in [0, 0.1) is 18.8 Å². The highest BCUT2D eigenvalue weighted by molar-refractivity contribution is 6.58. The van der Waals surface area contributed by atoms with Gasteiger partial charge in [-0.15, -0.1) is 0 Å². The van der Waals surface area contributed by atoms with Crippen LogP contribution in [-0.4, -0.2) is 65.1 Å². The lowest BCUT2D eigenvalue weighted by atomic mass is 9.80. The number of piperidine rings is 2. The summed E-state index contributed by atoms with van der Waals surface area (Å²) in [6.45, 7) is 4.59. The van der Waals surface area contributed by atoms with Gasteiger partial charge in [-0.1, -0.05) is 76.8 Å². The maximum absolute atomic E-state index is 12.8. The summed E-state index contributed by atoms with van der Waals surface area (Å²) in [6, 6.07) is 12.0. The predicted octanol–water partition coefficient (Wildman–Crippen LogP) is 5.89. The minimum absolute atomic E-state index is 0.0364. The van der Waals surface area contributed by atoms with Crippen LogP contribution >= 0.6 is 34.8 Å². The second kappa shape index (κ2) is 18.8. The topological polar surface area (TPSA) is 159 Å². The van der Waals surface area contributed by atoms with Gasteiger partial charge in [-0.05, 0) is 55.8 Å². The number of aromatic nitrogens is 2. The zero-order valence-corrected chi connectivity index (χ0v) is 31.0. The average Bonchev–Trinajstić information content (AvgIpc) is 3.12. The highest BCUT2D eigenvalue weighted by atomic mass is 35.5. The first-order chi connectivity index (χ1) is 25.1. The van der Waals surface area contributed by atoms with Crippen molar-refractivity contribution in [1.29, 1.82) is 0 Å². The van der Waals surface area contributed by atoms with Crippen molar-refractivity contribution in [3.63, 3.8) is 0 Å². The molecule has 17 heteroatoms. The molecule has 0 spiro atoms. The lowest BCUT2D eigenvalue weighted by molar-refractivity contribution is -0.137. The molecule has 0 bridgehead atoms. The van der Waals surface area contributed by atoms with Crippen LogP contribution in [0.25, 0.3) is 11.1 Å². The van der Waals surface area contributed by atoms with Crippen LogP contribution < -0.4 is 26.7 Å². The molecule has 0 aliphatic carbocycles. The van der Waals surface area contributed by atoms with Crippen molar-refractivity contribution in [3.8, 4) is 11.1 Å². The van der Waals surface area contributed by atoms with E-state index in [4.69, 9.17) is 56.3 Å². The molecule has 2 fully saturated rings. The molecule has 4 heterocycles. The van der Waals surface area contributed by atoms with Crippen LogP contribution in [-0.2, 0) is 15.8 Å². The first kappa shape index (κ1) is 41.7. The van der Waals surface area contributed by atoms with Crippen LogP contribution in [0.5, 0.6) is 0 Å². The fourth-order valence-corrected chi connectivity index (χ4v) is 6.90. The number of benzene rings is 2. The number of hydrogen-bond acceptors (Lipinski definition) is 8. The van der Waals surface area contributed by atoms with Crippen molar-refractivity contribution in [2.75, 3.05) is 36.0 Å². The minimum atomic E-state index is -4.38. The van der Waals surface area contributed by atoms with E-state index in [2.05, 4.69) is 14.9 Å². The van der Waals surface area contributed by atoms with E-state index in [0.717, 1.165) is 49.3 Å². The zero-order chi connectivity index (χ0) is 38.9. The number of halogens is 6. The zero-order valence-electron chi connectivity index (χ0n) is 28.7. The fourth-order valence-electron chi connectivity index (χ4n) is 6.02. The van der Waals surface area contributed by atoms with E-state index in [-0.39, 0.29) is 23.7 Å². The molecule has 0 unspecified atom stereocenters. The molecule has 282 valence electrons. The van der Waals surface area contributed by atoms with Crippen LogP contribution in [0.4, 0.5) is 24.5 Å². The van der Waals surface area contributed by atoms with Crippen LogP contribution in [0.15, 0.2) is 73.3 Å². The molecule has 0 saturated carbocycles. The van der Waals surface area contributed by atoms with E-state index in [1.807, 2.05) is 24.0 Å². The summed E-state index contributed by atoms with van der Waals surface area (Å²) in [7, 11) is -1.35. The molecule has 6 rings (SSSR count). The first-order valence-electron chi connectivity index (χ1n) is 16.7. The molecule has 10 nitrogen and oxygen atoms in total. The van der Waals surface area contributed by atoms with Gasteiger partial charge in [-0.25, -0.2) is 0 Å². The van der Waals surface area contributed by atoms with Crippen molar-refractivity contribution in [2.24, 2.45) is 23.3 Å². The number of anilines is 2. The second-order valence-electron chi connectivity index (χ2n) is 12.7. The summed E-state index contributed by atoms with van der Waals surface area (Å²) < 4.78 is 38.3. The number of pyridine rings is 2. The molecule has 2 aliphatic rings. The summed E-state index contributed by atoms with van der Waals surface area (Å²) in [6.07, 6.45) is 4.56. The molecular weight excluding hydrogens is 755 g/mol. The summed E-state index contributed by atoms with van der Waals surface area (Å²) in [5, 5.41) is 18.8. The Labute approximate surface area is 321 Å². The number of aryl methyl sites for hydroxylation is 1. The molecule has 2 aromatic carbocycles. The number of amides is 2. The largest absolute Gasteiger partial charge is 0.488 e. The van der Waals surface area contributed by atoms with Crippen LogP contribution in [0.2, 0.25) is 15.1 Å². The van der Waals surface area contributed by atoms with Crippen LogP contribution in [0.3, 0.4) is 0 Å². The Morgan fingerprint density at radius 3 is 1.55 bits per heavy atom. The monoisotopic (exact) mass is 792 g/mol. The SMILES string of the molecule is Cc1ccc(B(O)O)cc1.NC(=O)C1CCN(c2c(Cl)cncc2-c2ccc(C(F)(F)F)cc2)CC1.NC(=O)C1CCN(c2c(Cl)cncc2Cl)CC1. The van der Waals surface area contributed by atoms with Gasteiger partial charge in [0.2, 0.25) is 11.8 Å². The number of alkyl halides is 3. The normalized spacial score (nSPS) is 15.1. The number of primary amides is 2. The Balaban J connectivity index is 0.000000198. The van der Waals surface area contributed by atoms with Crippen molar-refractivity contribution in [3.05, 3.63) is 99.5 Å². The third-order valence-electron chi connectivity index (χ3n) is 9.03. The molecule has 2 aromatic heterocycles. The molecule has 2 aliphatic heterocycles. The molecule has 4 aromatic rings. The van der Waals surface area contributed by atoms with Gasteiger partial charge in [0.1, 0.15) is 0 Å². The second-order valence-corrected chi connectivity index (χ2v) is 13.9. The Bertz CT molecular complexity index is 1820. The van der Waals surface area contributed by atoms with E-state index in [0.29, 0.717) is 63.3 Å². The smallest absolute Gasteiger partial charge is 0.423 e. The number of carbonyl (C=O) groups is 2. The Morgan fingerprint density at radius 1 is 0.717 bits per heavy atom. The number of nitrogens with two attached hydrogens (primary N) is 2. The number of nitrogens with zero attached hydrogens (tertiary/aromatic N) is 4. The molecular formula is C36H39BCl3F3N6O4. The number of carbonyl (C=O) groups excluding carboxylic acids is 2. The van der Waals surface area contributed by atoms with Crippen molar-refractivity contribution < 1.29 is 32.8 Å². The van der Waals surface area contributed by atoms with Gasteiger partial charge < -0.3 is 31.3 Å². The Morgan fingerprint density at radius 2 is 1.13 bits per heavy atom. The standard InChI is InChI=1S/C18H17ClF3N3O.C11H13Cl2N3O.C7H9BO2/c19-15-10-24-9-14(11-1-3-13(4-2-11)18(20,21)22)16(15)25-7-5-12(6-8-25)17(23)26;12-8-5-15-6-9(13)10(8)16-3-1-7(2-4-16)11(14)17;1-6-2-4-7(5-3-6)8(9)10/h1-4,9-10,12H,5-8H2,(H2,23,26);5-7H,1-4H2,(H2,14,17);2-5,9-10H,1H3. The van der Waals surface area contributed by atoms with E-state index in [1.54, 1.807) is 30.7 Å². The molecule has 0 radical (unpaired) electrons. The van der Waals surface area contributed by atoms with Gasteiger partial charge in [0.25, 0.3) is 0 Å². The van der Waals surface area contributed by atoms with Crippen molar-refractivity contribution >= 4 is 70.6 Å². The number of rotatable bonds is 6. The molecule has 6 N–H and O–H groups in total. The van der Waals surface area contributed by atoms with Gasteiger partial charge in [0, 0.05) is 68.4 Å². The van der Waals surface area contributed by atoms with Gasteiger partial charge in [0.05, 0.1) is 32.0 Å². The average molecular weight is 794 g/mol. The number of hydrogen-bond donors (Lipinski definition) is 4. The third-order valence-corrected chi connectivity index (χ3v) is 9.86. The maximum Gasteiger partial charge on any atom is 0.488 e. The maximum atomic E-state index is 12.8. The Kier molecular flexibility index (Phi) is 14.8. The highest BCUT2D eigenvalue weighted by Crippen LogP contribution is 2.39. The lowest BCUT2D eigenvalue weighted by Gasteiger charge is -2.34. The van der Waals surface area contributed by atoms with E-state index < -0.39 is 18.9 Å². The predicted molar refractivity (Wildman–Crippen MR) is 203 cm³/mol. The molecule has 0 atom stereocenters. The molecule has 2 saturated heterocycles. The van der Waals surface area contributed by atoms with Crippen molar-refractivity contribution in [1.82, 2.24) is 9.97 Å². The van der Waals surface area contributed by atoms with Gasteiger partial charge in [-0.2, -0.15) is 13.2 Å². The van der Waals surface area contributed by atoms with E-state index in [9.17, 15) is 22.8 Å².